The van der Waals surface area contributed by atoms with Crippen molar-refractivity contribution in [3.05, 3.63) is 92.4 Å². The molecule has 1 fully saturated rings. The van der Waals surface area contributed by atoms with Crippen LogP contribution in [0.15, 0.2) is 59.4 Å². The Hall–Kier alpha value is -2.80. The molecular formula is C26H30ClN3O3. The fourth-order valence-electron chi connectivity index (χ4n) is 4.45. The number of piperazine rings is 1. The van der Waals surface area contributed by atoms with Crippen LogP contribution in [0.3, 0.4) is 0 Å². The second kappa shape index (κ2) is 10.00. The van der Waals surface area contributed by atoms with Gasteiger partial charge in [-0.25, -0.2) is 0 Å². The minimum Gasteiger partial charge on any atom is -0.507 e. The average molecular weight is 468 g/mol. The fraction of sp³-hybridized carbons (Fsp3) is 0.346. The van der Waals surface area contributed by atoms with Crippen LogP contribution in [0.1, 0.15) is 28.4 Å². The summed E-state index contributed by atoms with van der Waals surface area (Å²) in [5.41, 5.74) is 2.80. The third kappa shape index (κ3) is 5.08. The number of aromatic nitrogens is 1. The molecule has 3 aromatic rings. The van der Waals surface area contributed by atoms with Gasteiger partial charge in [-0.2, -0.15) is 0 Å². The highest BCUT2D eigenvalue weighted by Gasteiger charge is 2.31. The zero-order valence-corrected chi connectivity index (χ0v) is 20.0. The largest absolute Gasteiger partial charge is 0.507 e. The Morgan fingerprint density at radius 2 is 1.76 bits per heavy atom. The molecule has 4 rings (SSSR count). The number of aromatic hydroxyl groups is 1. The van der Waals surface area contributed by atoms with E-state index in [1.54, 1.807) is 17.7 Å². The summed E-state index contributed by atoms with van der Waals surface area (Å²) in [6.07, 6.45) is 0. The minimum absolute atomic E-state index is 0.0207. The number of ether oxygens (including phenoxy) is 1. The zero-order valence-electron chi connectivity index (χ0n) is 19.3. The highest BCUT2D eigenvalue weighted by Crippen LogP contribution is 2.34. The van der Waals surface area contributed by atoms with Gasteiger partial charge in [0.2, 0.25) is 0 Å². The third-order valence-corrected chi connectivity index (χ3v) is 6.60. The topological polar surface area (TPSA) is 57.9 Å². The van der Waals surface area contributed by atoms with Crippen LogP contribution >= 0.6 is 11.6 Å². The molecule has 0 aliphatic carbocycles. The predicted molar refractivity (Wildman–Crippen MR) is 132 cm³/mol. The van der Waals surface area contributed by atoms with Gasteiger partial charge in [-0.05, 0) is 55.4 Å². The Balaban J connectivity index is 1.80. The van der Waals surface area contributed by atoms with Gasteiger partial charge in [-0.1, -0.05) is 35.9 Å². The summed E-state index contributed by atoms with van der Waals surface area (Å²) in [4.78, 5) is 18.4. The maximum atomic E-state index is 13.9. The predicted octanol–water partition coefficient (Wildman–Crippen LogP) is 3.91. The van der Waals surface area contributed by atoms with E-state index in [0.717, 1.165) is 43.1 Å². The molecule has 1 N–H and O–H groups in total. The molecule has 1 saturated heterocycles. The molecule has 1 aromatic heterocycles. The number of aryl methyl sites for hydroxylation is 1. The van der Waals surface area contributed by atoms with E-state index in [4.69, 9.17) is 16.3 Å². The summed E-state index contributed by atoms with van der Waals surface area (Å²) in [6.45, 7) is 5.62. The van der Waals surface area contributed by atoms with Gasteiger partial charge in [0.1, 0.15) is 11.5 Å². The van der Waals surface area contributed by atoms with Gasteiger partial charge in [-0.3, -0.25) is 9.69 Å². The van der Waals surface area contributed by atoms with E-state index >= 15 is 0 Å². The van der Waals surface area contributed by atoms with Crippen molar-refractivity contribution in [2.24, 2.45) is 0 Å². The summed E-state index contributed by atoms with van der Waals surface area (Å²) in [5.74, 6) is 0.790. The van der Waals surface area contributed by atoms with Crippen molar-refractivity contribution < 1.29 is 9.84 Å². The van der Waals surface area contributed by atoms with Crippen LogP contribution in [-0.2, 0) is 6.54 Å². The minimum atomic E-state index is -0.382. The lowest BCUT2D eigenvalue weighted by molar-refractivity contribution is 0.125. The molecule has 0 bridgehead atoms. The molecule has 2 heterocycles. The van der Waals surface area contributed by atoms with Gasteiger partial charge >= 0.3 is 0 Å². The molecule has 0 radical (unpaired) electrons. The molecule has 0 spiro atoms. The molecule has 7 heteroatoms. The maximum Gasteiger partial charge on any atom is 0.259 e. The summed E-state index contributed by atoms with van der Waals surface area (Å²) < 4.78 is 6.97. The van der Waals surface area contributed by atoms with E-state index in [1.165, 1.54) is 0 Å². The van der Waals surface area contributed by atoms with Crippen molar-refractivity contribution >= 4 is 11.6 Å². The number of benzene rings is 2. The van der Waals surface area contributed by atoms with Crippen molar-refractivity contribution in [3.8, 4) is 11.5 Å². The van der Waals surface area contributed by atoms with Gasteiger partial charge in [0, 0.05) is 36.9 Å². The summed E-state index contributed by atoms with van der Waals surface area (Å²) >= 11 is 6.32. The normalized spacial score (nSPS) is 16.0. The van der Waals surface area contributed by atoms with Crippen LogP contribution in [0.2, 0.25) is 5.02 Å². The first-order valence-corrected chi connectivity index (χ1v) is 11.5. The Bertz CT molecular complexity index is 1170. The molecule has 0 unspecified atom stereocenters. The number of likely N-dealkylation sites (N-methyl/N-ethyl adjacent to an activating group) is 1. The Kier molecular flexibility index (Phi) is 7.08. The van der Waals surface area contributed by atoms with Crippen LogP contribution in [0.5, 0.6) is 11.5 Å². The summed E-state index contributed by atoms with van der Waals surface area (Å²) in [6, 6.07) is 16.6. The second-order valence-corrected chi connectivity index (χ2v) is 9.06. The van der Waals surface area contributed by atoms with E-state index in [1.807, 2.05) is 55.5 Å². The SMILES string of the molecule is COc1ccc(Cn2c(C)cc(O)c([C@H](c3cccc(Cl)c3)N3CCN(C)CC3)c2=O)cc1. The second-order valence-electron chi connectivity index (χ2n) is 8.62. The standard InChI is InChI=1S/C26H30ClN3O3/c1-18-15-23(31)24(26(32)30(18)17-19-7-9-22(33-3)10-8-19)25(20-5-4-6-21(27)16-20)29-13-11-28(2)12-14-29/h4-10,15-16,25,31H,11-14,17H2,1-3H3/t25-/m0/s1. The lowest BCUT2D eigenvalue weighted by Gasteiger charge is -2.38. The monoisotopic (exact) mass is 467 g/mol. The van der Waals surface area contributed by atoms with Gasteiger partial charge < -0.3 is 19.3 Å². The highest BCUT2D eigenvalue weighted by molar-refractivity contribution is 6.30. The number of pyridine rings is 1. The van der Waals surface area contributed by atoms with Crippen molar-refractivity contribution in [1.29, 1.82) is 0 Å². The molecule has 2 aromatic carbocycles. The van der Waals surface area contributed by atoms with Gasteiger partial charge in [-0.15, -0.1) is 0 Å². The van der Waals surface area contributed by atoms with Crippen LogP contribution in [0.25, 0.3) is 0 Å². The highest BCUT2D eigenvalue weighted by atomic mass is 35.5. The number of rotatable bonds is 6. The third-order valence-electron chi connectivity index (χ3n) is 6.36. The number of hydrogen-bond acceptors (Lipinski definition) is 5. The first-order valence-electron chi connectivity index (χ1n) is 11.1. The van der Waals surface area contributed by atoms with E-state index in [2.05, 4.69) is 16.8 Å². The number of hydrogen-bond donors (Lipinski definition) is 1. The first-order chi connectivity index (χ1) is 15.9. The quantitative estimate of drug-likeness (QED) is 0.595. The van der Waals surface area contributed by atoms with Crippen LogP contribution in [0, 0.1) is 6.92 Å². The lowest BCUT2D eigenvalue weighted by atomic mass is 9.96. The first kappa shape index (κ1) is 23.4. The molecule has 1 aliphatic heterocycles. The van der Waals surface area contributed by atoms with Crippen molar-refractivity contribution in [2.75, 3.05) is 40.3 Å². The zero-order chi connectivity index (χ0) is 23.5. The number of methoxy groups -OCH3 is 1. The Morgan fingerprint density at radius 1 is 1.06 bits per heavy atom. The van der Waals surface area contributed by atoms with Gasteiger partial charge in [0.15, 0.2) is 0 Å². The van der Waals surface area contributed by atoms with Gasteiger partial charge in [0.25, 0.3) is 5.56 Å². The molecule has 33 heavy (non-hydrogen) atoms. The van der Waals surface area contributed by atoms with Crippen molar-refractivity contribution in [2.45, 2.75) is 19.5 Å². The summed E-state index contributed by atoms with van der Waals surface area (Å²) in [5, 5.41) is 11.6. The van der Waals surface area contributed by atoms with E-state index in [9.17, 15) is 9.90 Å². The molecule has 174 valence electrons. The maximum absolute atomic E-state index is 13.9. The number of halogens is 1. The molecule has 6 nitrogen and oxygen atoms in total. The van der Waals surface area contributed by atoms with Crippen LogP contribution < -0.4 is 10.3 Å². The summed E-state index contributed by atoms with van der Waals surface area (Å²) in [7, 11) is 3.72. The van der Waals surface area contributed by atoms with E-state index < -0.39 is 0 Å². The van der Waals surface area contributed by atoms with Crippen LogP contribution in [0.4, 0.5) is 0 Å². The Labute approximate surface area is 199 Å². The van der Waals surface area contributed by atoms with Gasteiger partial charge in [0.05, 0.1) is 25.3 Å². The average Bonchev–Trinajstić information content (AvgIpc) is 2.80. The molecule has 1 aliphatic rings. The van der Waals surface area contributed by atoms with Crippen molar-refractivity contribution in [3.63, 3.8) is 0 Å². The molecule has 1 atom stereocenters. The van der Waals surface area contributed by atoms with Crippen molar-refractivity contribution in [1.82, 2.24) is 14.4 Å². The van der Waals surface area contributed by atoms with Crippen LogP contribution in [-0.4, -0.2) is 59.8 Å². The fourth-order valence-corrected chi connectivity index (χ4v) is 4.65. The smallest absolute Gasteiger partial charge is 0.259 e. The molecule has 0 saturated carbocycles. The number of nitrogens with zero attached hydrogens (tertiary/aromatic N) is 3. The van der Waals surface area contributed by atoms with E-state index in [0.29, 0.717) is 22.8 Å². The Morgan fingerprint density at radius 3 is 2.39 bits per heavy atom. The lowest BCUT2D eigenvalue weighted by Crippen LogP contribution is -2.47. The molecular weight excluding hydrogens is 438 g/mol. The van der Waals surface area contributed by atoms with E-state index in [-0.39, 0.29) is 17.4 Å². The molecule has 0 amide bonds.